The number of rotatable bonds is 4. The number of hydrogen-bond donors (Lipinski definition) is 2. The van der Waals surface area contributed by atoms with Gasteiger partial charge in [0.2, 0.25) is 0 Å². The van der Waals surface area contributed by atoms with E-state index in [1.165, 1.54) is 12.8 Å². The van der Waals surface area contributed by atoms with Crippen LogP contribution in [0.15, 0.2) is 24.3 Å². The molecule has 1 saturated carbocycles. The second kappa shape index (κ2) is 5.86. The van der Waals surface area contributed by atoms with Gasteiger partial charge < -0.3 is 10.6 Å². The van der Waals surface area contributed by atoms with Crippen molar-refractivity contribution in [3.8, 4) is 0 Å². The molecule has 2 N–H and O–H groups in total. The van der Waals surface area contributed by atoms with Crippen LogP contribution >= 0.6 is 0 Å². The van der Waals surface area contributed by atoms with Crippen molar-refractivity contribution >= 4 is 11.6 Å². The monoisotopic (exact) mass is 274 g/mol. The van der Waals surface area contributed by atoms with Crippen LogP contribution in [0.2, 0.25) is 0 Å². The van der Waals surface area contributed by atoms with Crippen molar-refractivity contribution < 1.29 is 4.79 Å². The van der Waals surface area contributed by atoms with Crippen LogP contribution in [0.1, 0.15) is 57.3 Å². The van der Waals surface area contributed by atoms with Crippen molar-refractivity contribution in [3.63, 3.8) is 0 Å². The number of anilines is 1. The molecule has 3 heteroatoms. The zero-order valence-corrected chi connectivity index (χ0v) is 13.0. The molecule has 1 atom stereocenters. The maximum absolute atomic E-state index is 12.5. The topological polar surface area (TPSA) is 41.1 Å². The van der Waals surface area contributed by atoms with Gasteiger partial charge in [-0.05, 0) is 44.2 Å². The SMILES string of the molecule is CC(C)Nc1ccccc1C(=O)NC1CCCC1(C)C. The third kappa shape index (κ3) is 3.33. The van der Waals surface area contributed by atoms with Crippen molar-refractivity contribution in [2.24, 2.45) is 5.41 Å². The molecular weight excluding hydrogens is 248 g/mol. The molecular formula is C17H26N2O. The lowest BCUT2D eigenvalue weighted by Crippen LogP contribution is -2.41. The summed E-state index contributed by atoms with van der Waals surface area (Å²) in [6, 6.07) is 8.33. The van der Waals surface area contributed by atoms with E-state index < -0.39 is 0 Å². The summed E-state index contributed by atoms with van der Waals surface area (Å²) in [7, 11) is 0. The summed E-state index contributed by atoms with van der Waals surface area (Å²) in [4.78, 5) is 12.5. The molecule has 0 spiro atoms. The minimum atomic E-state index is 0.0359. The summed E-state index contributed by atoms with van der Waals surface area (Å²) in [5, 5.41) is 6.56. The summed E-state index contributed by atoms with van der Waals surface area (Å²) < 4.78 is 0. The first-order valence-electron chi connectivity index (χ1n) is 7.56. The van der Waals surface area contributed by atoms with E-state index in [-0.39, 0.29) is 17.4 Å². The number of hydrogen-bond acceptors (Lipinski definition) is 2. The predicted octanol–water partition coefficient (Wildman–Crippen LogP) is 3.82. The average Bonchev–Trinajstić information content (AvgIpc) is 2.68. The van der Waals surface area contributed by atoms with Gasteiger partial charge in [0, 0.05) is 17.8 Å². The Morgan fingerprint density at radius 2 is 2.00 bits per heavy atom. The molecule has 0 heterocycles. The first-order valence-corrected chi connectivity index (χ1v) is 7.56. The van der Waals surface area contributed by atoms with Crippen LogP contribution in [0.25, 0.3) is 0 Å². The Hall–Kier alpha value is -1.51. The number of carbonyl (C=O) groups is 1. The number of amides is 1. The molecule has 1 aromatic carbocycles. The van der Waals surface area contributed by atoms with Gasteiger partial charge in [0.05, 0.1) is 5.56 Å². The summed E-state index contributed by atoms with van der Waals surface area (Å²) in [5.41, 5.74) is 1.86. The summed E-state index contributed by atoms with van der Waals surface area (Å²) in [6.45, 7) is 8.63. The molecule has 0 aromatic heterocycles. The molecule has 0 bridgehead atoms. The molecule has 1 aliphatic carbocycles. The van der Waals surface area contributed by atoms with Gasteiger partial charge in [-0.1, -0.05) is 32.4 Å². The van der Waals surface area contributed by atoms with Crippen LogP contribution in [0.3, 0.4) is 0 Å². The van der Waals surface area contributed by atoms with Crippen molar-refractivity contribution in [2.75, 3.05) is 5.32 Å². The molecule has 3 nitrogen and oxygen atoms in total. The number of para-hydroxylation sites is 1. The predicted molar refractivity (Wildman–Crippen MR) is 84.1 cm³/mol. The molecule has 1 amide bonds. The largest absolute Gasteiger partial charge is 0.382 e. The third-order valence-corrected chi connectivity index (χ3v) is 4.18. The molecule has 110 valence electrons. The fourth-order valence-corrected chi connectivity index (χ4v) is 2.95. The van der Waals surface area contributed by atoms with E-state index in [1.54, 1.807) is 0 Å². The fraction of sp³-hybridized carbons (Fsp3) is 0.588. The van der Waals surface area contributed by atoms with Crippen molar-refractivity contribution in [2.45, 2.75) is 59.0 Å². The van der Waals surface area contributed by atoms with Gasteiger partial charge >= 0.3 is 0 Å². The van der Waals surface area contributed by atoms with Gasteiger partial charge in [-0.2, -0.15) is 0 Å². The van der Waals surface area contributed by atoms with E-state index in [2.05, 4.69) is 38.3 Å². The highest BCUT2D eigenvalue weighted by Crippen LogP contribution is 2.37. The van der Waals surface area contributed by atoms with Gasteiger partial charge in [0.25, 0.3) is 5.91 Å². The minimum absolute atomic E-state index is 0.0359. The Balaban J connectivity index is 2.13. The molecule has 20 heavy (non-hydrogen) atoms. The van der Waals surface area contributed by atoms with Crippen LogP contribution in [0.4, 0.5) is 5.69 Å². The van der Waals surface area contributed by atoms with Crippen molar-refractivity contribution in [1.82, 2.24) is 5.32 Å². The van der Waals surface area contributed by atoms with Crippen LogP contribution < -0.4 is 10.6 Å². The van der Waals surface area contributed by atoms with Gasteiger partial charge in [-0.15, -0.1) is 0 Å². The molecule has 1 aliphatic rings. The second-order valence-electron chi connectivity index (χ2n) is 6.75. The molecule has 1 fully saturated rings. The van der Waals surface area contributed by atoms with Gasteiger partial charge in [-0.3, -0.25) is 4.79 Å². The Kier molecular flexibility index (Phi) is 4.36. The Labute approximate surface area is 122 Å². The highest BCUT2D eigenvalue weighted by atomic mass is 16.1. The first-order chi connectivity index (χ1) is 9.40. The van der Waals surface area contributed by atoms with Gasteiger partial charge in [-0.25, -0.2) is 0 Å². The molecule has 1 unspecified atom stereocenters. The van der Waals surface area contributed by atoms with Crippen LogP contribution in [0.5, 0.6) is 0 Å². The van der Waals surface area contributed by atoms with Crippen LogP contribution in [0, 0.1) is 5.41 Å². The lowest BCUT2D eigenvalue weighted by Gasteiger charge is -2.28. The smallest absolute Gasteiger partial charge is 0.253 e. The van der Waals surface area contributed by atoms with Gasteiger partial charge in [0.1, 0.15) is 0 Å². The number of benzene rings is 1. The maximum Gasteiger partial charge on any atom is 0.253 e. The van der Waals surface area contributed by atoms with Crippen LogP contribution in [-0.2, 0) is 0 Å². The average molecular weight is 274 g/mol. The van der Waals surface area contributed by atoms with E-state index in [0.717, 1.165) is 17.7 Å². The fourth-order valence-electron chi connectivity index (χ4n) is 2.95. The summed E-state index contributed by atoms with van der Waals surface area (Å²) in [5.74, 6) is 0.0359. The van der Waals surface area contributed by atoms with Crippen LogP contribution in [-0.4, -0.2) is 18.0 Å². The second-order valence-corrected chi connectivity index (χ2v) is 6.75. The summed E-state index contributed by atoms with van der Waals surface area (Å²) >= 11 is 0. The molecule has 0 aliphatic heterocycles. The van der Waals surface area contributed by atoms with E-state index in [4.69, 9.17) is 0 Å². The third-order valence-electron chi connectivity index (χ3n) is 4.18. The molecule has 1 aromatic rings. The maximum atomic E-state index is 12.5. The Morgan fingerprint density at radius 1 is 1.30 bits per heavy atom. The lowest BCUT2D eigenvalue weighted by atomic mass is 9.87. The Bertz CT molecular complexity index is 480. The highest BCUT2D eigenvalue weighted by molar-refractivity contribution is 5.99. The van der Waals surface area contributed by atoms with E-state index in [1.807, 2.05) is 24.3 Å². The zero-order chi connectivity index (χ0) is 14.8. The standard InChI is InChI=1S/C17H26N2O/c1-12(2)18-14-9-6-5-8-13(14)16(20)19-15-10-7-11-17(15,3)4/h5-6,8-9,12,15,18H,7,10-11H2,1-4H3,(H,19,20). The van der Waals surface area contributed by atoms with E-state index >= 15 is 0 Å². The first kappa shape index (κ1) is 14.9. The van der Waals surface area contributed by atoms with Crippen molar-refractivity contribution in [1.29, 1.82) is 0 Å². The highest BCUT2D eigenvalue weighted by Gasteiger charge is 2.35. The normalized spacial score (nSPS) is 20.9. The lowest BCUT2D eigenvalue weighted by molar-refractivity contribution is 0.0911. The molecule has 2 rings (SSSR count). The minimum Gasteiger partial charge on any atom is -0.382 e. The Morgan fingerprint density at radius 3 is 2.60 bits per heavy atom. The number of carbonyl (C=O) groups excluding carboxylic acids is 1. The quantitative estimate of drug-likeness (QED) is 0.876. The molecule has 0 saturated heterocycles. The van der Waals surface area contributed by atoms with Gasteiger partial charge in [0.15, 0.2) is 0 Å². The molecule has 0 radical (unpaired) electrons. The van der Waals surface area contributed by atoms with E-state index in [0.29, 0.717) is 6.04 Å². The zero-order valence-electron chi connectivity index (χ0n) is 13.0. The summed E-state index contributed by atoms with van der Waals surface area (Å²) in [6.07, 6.45) is 3.46. The number of nitrogens with one attached hydrogen (secondary N) is 2. The van der Waals surface area contributed by atoms with E-state index in [9.17, 15) is 4.79 Å². The van der Waals surface area contributed by atoms with Crippen molar-refractivity contribution in [3.05, 3.63) is 29.8 Å².